The van der Waals surface area contributed by atoms with Crippen molar-refractivity contribution >= 4 is 57.2 Å². The normalized spacial score (nSPS) is 10.6. The molecule has 3 aromatic rings. The van der Waals surface area contributed by atoms with E-state index in [0.29, 0.717) is 9.52 Å². The predicted octanol–water partition coefficient (Wildman–Crippen LogP) is 5.50. The van der Waals surface area contributed by atoms with Crippen LogP contribution in [0.4, 0.5) is 0 Å². The second-order valence-corrected chi connectivity index (χ2v) is 8.59. The van der Waals surface area contributed by atoms with Crippen LogP contribution in [0, 0.1) is 3.95 Å². The Balaban J connectivity index is 1.68. The molecule has 1 heterocycles. The zero-order valence-electron chi connectivity index (χ0n) is 13.1. The molecule has 4 nitrogen and oxygen atoms in total. The molecule has 0 amide bonds. The standard InChI is InChI=1S/C17H13BrN2O2S3/c1-24-16-19-20(17(23)25-16)14-8-4-12(5-9-14)15(21)22-10-11-2-6-13(18)7-3-11/h2-9H,10H2,1H3. The fraction of sp³-hybridized carbons (Fsp3) is 0.118. The van der Waals surface area contributed by atoms with Crippen LogP contribution < -0.4 is 0 Å². The lowest BCUT2D eigenvalue weighted by atomic mass is 10.2. The molecule has 1 aromatic heterocycles. The molecule has 128 valence electrons. The minimum atomic E-state index is -0.360. The van der Waals surface area contributed by atoms with Crippen molar-refractivity contribution < 1.29 is 9.53 Å². The van der Waals surface area contributed by atoms with E-state index in [9.17, 15) is 4.79 Å². The first kappa shape index (κ1) is 18.3. The lowest BCUT2D eigenvalue weighted by Crippen LogP contribution is -2.06. The Kier molecular flexibility index (Phi) is 6.06. The maximum atomic E-state index is 12.2. The third-order valence-corrected chi connectivity index (χ3v) is 6.07. The average Bonchev–Trinajstić information content (AvgIpc) is 3.02. The molecular weight excluding hydrogens is 440 g/mol. The molecule has 8 heteroatoms. The number of halogens is 1. The third kappa shape index (κ3) is 4.58. The summed E-state index contributed by atoms with van der Waals surface area (Å²) in [7, 11) is 0. The Bertz CT molecular complexity index is 934. The van der Waals surface area contributed by atoms with Gasteiger partial charge in [-0.15, -0.1) is 5.10 Å². The third-order valence-electron chi connectivity index (χ3n) is 3.33. The summed E-state index contributed by atoms with van der Waals surface area (Å²) in [6.45, 7) is 0.238. The maximum absolute atomic E-state index is 12.2. The largest absolute Gasteiger partial charge is 0.457 e. The van der Waals surface area contributed by atoms with Crippen molar-refractivity contribution in [2.45, 2.75) is 10.9 Å². The van der Waals surface area contributed by atoms with Gasteiger partial charge in [-0.25, -0.2) is 9.48 Å². The number of ether oxygens (including phenoxy) is 1. The minimum Gasteiger partial charge on any atom is -0.457 e. The van der Waals surface area contributed by atoms with Crippen LogP contribution in [0.15, 0.2) is 57.3 Å². The Morgan fingerprint density at radius 1 is 1.24 bits per heavy atom. The monoisotopic (exact) mass is 452 g/mol. The van der Waals surface area contributed by atoms with Gasteiger partial charge in [0.15, 0.2) is 8.29 Å². The SMILES string of the molecule is CSc1nn(-c2ccc(C(=O)OCc3ccc(Br)cc3)cc2)c(=S)s1. The second-order valence-electron chi connectivity index (χ2n) is 5.00. The summed E-state index contributed by atoms with van der Waals surface area (Å²) in [4.78, 5) is 12.2. The van der Waals surface area contributed by atoms with E-state index in [-0.39, 0.29) is 12.6 Å². The number of aromatic nitrogens is 2. The van der Waals surface area contributed by atoms with Crippen LogP contribution in [-0.2, 0) is 11.3 Å². The minimum absolute atomic E-state index is 0.238. The molecule has 0 aliphatic rings. The summed E-state index contributed by atoms with van der Waals surface area (Å²) in [5.74, 6) is -0.360. The van der Waals surface area contributed by atoms with Gasteiger partial charge in [0.1, 0.15) is 6.61 Å². The van der Waals surface area contributed by atoms with Gasteiger partial charge in [-0.1, -0.05) is 51.2 Å². The molecule has 0 atom stereocenters. The molecule has 3 rings (SSSR count). The molecule has 0 bridgehead atoms. The fourth-order valence-electron chi connectivity index (χ4n) is 2.06. The zero-order chi connectivity index (χ0) is 17.8. The number of hydrogen-bond acceptors (Lipinski definition) is 6. The summed E-state index contributed by atoms with van der Waals surface area (Å²) in [5, 5.41) is 4.43. The van der Waals surface area contributed by atoms with Gasteiger partial charge in [0.05, 0.1) is 11.3 Å². The lowest BCUT2D eigenvalue weighted by molar-refractivity contribution is 0.0472. The fourth-order valence-corrected chi connectivity index (χ4v) is 4.10. The van der Waals surface area contributed by atoms with Crippen molar-refractivity contribution in [2.24, 2.45) is 0 Å². The molecule has 0 fully saturated rings. The van der Waals surface area contributed by atoms with Gasteiger partial charge in [0.25, 0.3) is 0 Å². The maximum Gasteiger partial charge on any atom is 0.338 e. The zero-order valence-corrected chi connectivity index (χ0v) is 17.2. The summed E-state index contributed by atoms with van der Waals surface area (Å²) < 4.78 is 9.61. The smallest absolute Gasteiger partial charge is 0.338 e. The van der Waals surface area contributed by atoms with Crippen LogP contribution >= 0.6 is 51.2 Å². The van der Waals surface area contributed by atoms with E-state index in [2.05, 4.69) is 21.0 Å². The van der Waals surface area contributed by atoms with Crippen LogP contribution in [0.5, 0.6) is 0 Å². The predicted molar refractivity (Wildman–Crippen MR) is 107 cm³/mol. The first-order chi connectivity index (χ1) is 12.1. The first-order valence-corrected chi connectivity index (χ1v) is 10.5. The Labute approximate surface area is 167 Å². The molecule has 0 spiro atoms. The van der Waals surface area contributed by atoms with Crippen molar-refractivity contribution in [3.63, 3.8) is 0 Å². The molecule has 0 aliphatic carbocycles. The van der Waals surface area contributed by atoms with E-state index in [1.165, 1.54) is 11.3 Å². The summed E-state index contributed by atoms with van der Waals surface area (Å²) in [5.41, 5.74) is 2.25. The lowest BCUT2D eigenvalue weighted by Gasteiger charge is -2.06. The highest BCUT2D eigenvalue weighted by Crippen LogP contribution is 2.22. The van der Waals surface area contributed by atoms with E-state index >= 15 is 0 Å². The van der Waals surface area contributed by atoms with Crippen molar-refractivity contribution in [1.29, 1.82) is 0 Å². The van der Waals surface area contributed by atoms with Crippen LogP contribution in [0.1, 0.15) is 15.9 Å². The van der Waals surface area contributed by atoms with Gasteiger partial charge in [-0.3, -0.25) is 0 Å². The van der Waals surface area contributed by atoms with E-state index in [4.69, 9.17) is 17.0 Å². The average molecular weight is 453 g/mol. The number of carbonyl (C=O) groups is 1. The molecule has 0 saturated carbocycles. The Morgan fingerprint density at radius 2 is 1.92 bits per heavy atom. The topological polar surface area (TPSA) is 44.1 Å². The molecule has 0 unspecified atom stereocenters. The summed E-state index contributed by atoms with van der Waals surface area (Å²) in [6, 6.07) is 14.7. The summed E-state index contributed by atoms with van der Waals surface area (Å²) >= 11 is 11.7. The second kappa shape index (κ2) is 8.27. The van der Waals surface area contributed by atoms with Gasteiger partial charge in [-0.2, -0.15) is 0 Å². The van der Waals surface area contributed by atoms with Gasteiger partial charge in [-0.05, 0) is 60.4 Å². The van der Waals surface area contributed by atoms with Crippen LogP contribution in [0.2, 0.25) is 0 Å². The van der Waals surface area contributed by atoms with E-state index in [1.807, 2.05) is 42.7 Å². The van der Waals surface area contributed by atoms with Crippen molar-refractivity contribution in [2.75, 3.05) is 6.26 Å². The number of rotatable bonds is 5. The number of hydrogen-bond donors (Lipinski definition) is 0. The molecular formula is C17H13BrN2O2S3. The van der Waals surface area contributed by atoms with Crippen LogP contribution in [0.3, 0.4) is 0 Å². The Morgan fingerprint density at radius 3 is 2.52 bits per heavy atom. The van der Waals surface area contributed by atoms with E-state index in [0.717, 1.165) is 20.1 Å². The molecule has 25 heavy (non-hydrogen) atoms. The van der Waals surface area contributed by atoms with Gasteiger partial charge < -0.3 is 4.74 Å². The highest BCUT2D eigenvalue weighted by molar-refractivity contribution is 9.10. The number of esters is 1. The van der Waals surface area contributed by atoms with Gasteiger partial charge >= 0.3 is 5.97 Å². The number of carbonyl (C=O) groups excluding carboxylic acids is 1. The quantitative estimate of drug-likeness (QED) is 0.290. The molecule has 0 aliphatic heterocycles. The molecule has 0 radical (unpaired) electrons. The number of thioether (sulfide) groups is 1. The van der Waals surface area contributed by atoms with E-state index in [1.54, 1.807) is 28.6 Å². The molecule has 2 aromatic carbocycles. The van der Waals surface area contributed by atoms with Gasteiger partial charge in [0.2, 0.25) is 0 Å². The summed E-state index contributed by atoms with van der Waals surface area (Å²) in [6.07, 6.45) is 1.96. The molecule has 0 saturated heterocycles. The Hall–Kier alpha value is -1.48. The highest BCUT2D eigenvalue weighted by atomic mass is 79.9. The number of benzene rings is 2. The van der Waals surface area contributed by atoms with Crippen molar-refractivity contribution in [1.82, 2.24) is 9.78 Å². The molecule has 0 N–H and O–H groups in total. The first-order valence-electron chi connectivity index (χ1n) is 7.23. The van der Waals surface area contributed by atoms with Gasteiger partial charge in [0, 0.05) is 4.47 Å². The highest BCUT2D eigenvalue weighted by Gasteiger charge is 2.09. The van der Waals surface area contributed by atoms with Crippen LogP contribution in [-0.4, -0.2) is 22.0 Å². The van der Waals surface area contributed by atoms with Crippen molar-refractivity contribution in [3.05, 3.63) is 68.1 Å². The van der Waals surface area contributed by atoms with Crippen molar-refractivity contribution in [3.8, 4) is 5.69 Å². The van der Waals surface area contributed by atoms with E-state index < -0.39 is 0 Å². The number of nitrogens with zero attached hydrogens (tertiary/aromatic N) is 2. The van der Waals surface area contributed by atoms with Crippen LogP contribution in [0.25, 0.3) is 5.69 Å².